The van der Waals surface area contributed by atoms with Gasteiger partial charge in [-0.25, -0.2) is 4.98 Å². The maximum absolute atomic E-state index is 4.46. The highest BCUT2D eigenvalue weighted by Gasteiger charge is 2.41. The van der Waals surface area contributed by atoms with Gasteiger partial charge >= 0.3 is 0 Å². The number of rotatable bonds is 5. The molecule has 0 saturated carbocycles. The van der Waals surface area contributed by atoms with Gasteiger partial charge in [-0.1, -0.05) is 13.8 Å². The van der Waals surface area contributed by atoms with Crippen molar-refractivity contribution in [3.8, 4) is 0 Å². The third-order valence-electron chi connectivity index (χ3n) is 5.12. The van der Waals surface area contributed by atoms with E-state index in [2.05, 4.69) is 34.0 Å². The molecule has 1 aromatic rings. The molecule has 1 atom stereocenters. The number of aromatic nitrogens is 1. The number of hydrogen-bond acceptors (Lipinski definition) is 4. The Labute approximate surface area is 133 Å². The van der Waals surface area contributed by atoms with Crippen LogP contribution in [0.5, 0.6) is 0 Å². The number of hydrogen-bond donors (Lipinski definition) is 0. The van der Waals surface area contributed by atoms with Crippen molar-refractivity contribution in [1.29, 1.82) is 0 Å². The van der Waals surface area contributed by atoms with Gasteiger partial charge < -0.3 is 4.90 Å². The molecule has 0 aromatic carbocycles. The van der Waals surface area contributed by atoms with Gasteiger partial charge in [-0.15, -0.1) is 11.3 Å². The maximum Gasteiger partial charge on any atom is 0.107 e. The molecular formula is C17H29N3S. The van der Waals surface area contributed by atoms with E-state index in [0.29, 0.717) is 5.41 Å². The fraction of sp³-hybridized carbons (Fsp3) is 0.824. The molecule has 2 fully saturated rings. The highest BCUT2D eigenvalue weighted by molar-refractivity contribution is 7.09. The summed E-state index contributed by atoms with van der Waals surface area (Å²) >= 11 is 1.80. The maximum atomic E-state index is 4.46. The smallest absolute Gasteiger partial charge is 0.107 e. The lowest BCUT2D eigenvalue weighted by Crippen LogP contribution is -2.44. The summed E-state index contributed by atoms with van der Waals surface area (Å²) in [6.07, 6.45) is 7.48. The van der Waals surface area contributed by atoms with Crippen molar-refractivity contribution >= 4 is 11.3 Å². The molecule has 2 aliphatic rings. The van der Waals surface area contributed by atoms with E-state index in [4.69, 9.17) is 0 Å². The highest BCUT2D eigenvalue weighted by atomic mass is 32.1. The number of nitrogens with zero attached hydrogens (tertiary/aromatic N) is 3. The quantitative estimate of drug-likeness (QED) is 0.830. The third-order valence-corrected chi connectivity index (χ3v) is 5.89. The van der Waals surface area contributed by atoms with Gasteiger partial charge in [-0.05, 0) is 56.7 Å². The Morgan fingerprint density at radius 2 is 2.10 bits per heavy atom. The average molecular weight is 308 g/mol. The fourth-order valence-electron chi connectivity index (χ4n) is 3.96. The van der Waals surface area contributed by atoms with Crippen LogP contribution >= 0.6 is 11.3 Å². The number of likely N-dealkylation sites (tertiary alicyclic amines) is 2. The molecule has 118 valence electrons. The summed E-state index contributed by atoms with van der Waals surface area (Å²) in [5.74, 6) is 0.828. The molecule has 1 spiro atoms. The molecule has 0 N–H and O–H groups in total. The van der Waals surface area contributed by atoms with E-state index >= 15 is 0 Å². The van der Waals surface area contributed by atoms with E-state index in [-0.39, 0.29) is 0 Å². The van der Waals surface area contributed by atoms with Crippen LogP contribution in [0.2, 0.25) is 0 Å². The van der Waals surface area contributed by atoms with Crippen molar-refractivity contribution < 1.29 is 0 Å². The summed E-state index contributed by atoms with van der Waals surface area (Å²) < 4.78 is 0. The van der Waals surface area contributed by atoms with Crippen molar-refractivity contribution in [2.24, 2.45) is 11.3 Å². The van der Waals surface area contributed by atoms with Crippen molar-refractivity contribution in [2.75, 3.05) is 32.7 Å². The monoisotopic (exact) mass is 307 g/mol. The molecule has 1 unspecified atom stereocenters. The SMILES string of the molecule is CC(C)CCN1CCC2(CCCN(Cc3nccs3)C2)C1. The summed E-state index contributed by atoms with van der Waals surface area (Å²) in [4.78, 5) is 9.82. The Hall–Kier alpha value is -0.450. The molecule has 3 heterocycles. The van der Waals surface area contributed by atoms with Crippen LogP contribution in [0.25, 0.3) is 0 Å². The lowest BCUT2D eigenvalue weighted by atomic mass is 9.79. The molecular weight excluding hydrogens is 278 g/mol. The van der Waals surface area contributed by atoms with E-state index in [1.807, 2.05) is 6.20 Å². The molecule has 0 bridgehead atoms. The standard InChI is InChI=1S/C17H29N3S/c1-15(2)4-9-19-10-6-17(13-19)5-3-8-20(14-17)12-16-18-7-11-21-16/h7,11,15H,3-6,8-10,12-14H2,1-2H3. The summed E-state index contributed by atoms with van der Waals surface area (Å²) in [6.45, 7) is 12.2. The lowest BCUT2D eigenvalue weighted by Gasteiger charge is -2.40. The van der Waals surface area contributed by atoms with Crippen LogP contribution in [0.3, 0.4) is 0 Å². The number of thiazole rings is 1. The first kappa shape index (κ1) is 15.4. The van der Waals surface area contributed by atoms with Gasteiger partial charge in [-0.2, -0.15) is 0 Å². The predicted molar refractivity (Wildman–Crippen MR) is 89.6 cm³/mol. The van der Waals surface area contributed by atoms with Crippen LogP contribution in [0.4, 0.5) is 0 Å². The molecule has 2 saturated heterocycles. The minimum atomic E-state index is 0.576. The van der Waals surface area contributed by atoms with Gasteiger partial charge in [0.1, 0.15) is 5.01 Å². The largest absolute Gasteiger partial charge is 0.303 e. The Morgan fingerprint density at radius 3 is 2.86 bits per heavy atom. The van der Waals surface area contributed by atoms with Gasteiger partial charge in [-0.3, -0.25) is 4.90 Å². The minimum absolute atomic E-state index is 0.576. The highest BCUT2D eigenvalue weighted by Crippen LogP contribution is 2.39. The van der Waals surface area contributed by atoms with Gasteiger partial charge in [0.2, 0.25) is 0 Å². The predicted octanol–water partition coefficient (Wildman–Crippen LogP) is 3.48. The second-order valence-electron chi connectivity index (χ2n) is 7.45. The first-order valence-electron chi connectivity index (χ1n) is 8.48. The summed E-state index contributed by atoms with van der Waals surface area (Å²) in [5, 5.41) is 3.37. The summed E-state index contributed by atoms with van der Waals surface area (Å²) in [6, 6.07) is 0. The Morgan fingerprint density at radius 1 is 1.24 bits per heavy atom. The van der Waals surface area contributed by atoms with Crippen molar-refractivity contribution in [1.82, 2.24) is 14.8 Å². The average Bonchev–Trinajstić information content (AvgIpc) is 3.07. The second kappa shape index (κ2) is 6.76. The van der Waals surface area contributed by atoms with Crippen molar-refractivity contribution in [2.45, 2.75) is 46.1 Å². The van der Waals surface area contributed by atoms with E-state index in [1.54, 1.807) is 11.3 Å². The van der Waals surface area contributed by atoms with E-state index in [1.165, 1.54) is 63.4 Å². The van der Waals surface area contributed by atoms with Gasteiger partial charge in [0.25, 0.3) is 0 Å². The first-order chi connectivity index (χ1) is 10.2. The zero-order valence-electron chi connectivity index (χ0n) is 13.6. The summed E-state index contributed by atoms with van der Waals surface area (Å²) in [7, 11) is 0. The molecule has 2 aliphatic heterocycles. The van der Waals surface area contributed by atoms with E-state index < -0.39 is 0 Å². The van der Waals surface area contributed by atoms with Gasteiger partial charge in [0.05, 0.1) is 6.54 Å². The fourth-order valence-corrected chi connectivity index (χ4v) is 4.62. The topological polar surface area (TPSA) is 19.4 Å². The molecule has 3 nitrogen and oxygen atoms in total. The van der Waals surface area contributed by atoms with Crippen LogP contribution in [0.15, 0.2) is 11.6 Å². The molecule has 3 rings (SSSR count). The normalized spacial score (nSPS) is 28.0. The van der Waals surface area contributed by atoms with E-state index in [0.717, 1.165) is 12.5 Å². The molecule has 1 aromatic heterocycles. The van der Waals surface area contributed by atoms with E-state index in [9.17, 15) is 0 Å². The lowest BCUT2D eigenvalue weighted by molar-refractivity contribution is 0.0868. The zero-order valence-corrected chi connectivity index (χ0v) is 14.4. The Kier molecular flexibility index (Phi) is 4.97. The second-order valence-corrected chi connectivity index (χ2v) is 8.43. The Bertz CT molecular complexity index is 431. The minimum Gasteiger partial charge on any atom is -0.303 e. The Balaban J connectivity index is 1.53. The van der Waals surface area contributed by atoms with Crippen molar-refractivity contribution in [3.05, 3.63) is 16.6 Å². The number of piperidine rings is 1. The zero-order chi connectivity index (χ0) is 14.7. The van der Waals surface area contributed by atoms with Crippen LogP contribution in [0, 0.1) is 11.3 Å². The van der Waals surface area contributed by atoms with Crippen LogP contribution < -0.4 is 0 Å². The molecule has 0 aliphatic carbocycles. The van der Waals surface area contributed by atoms with Crippen LogP contribution in [-0.4, -0.2) is 47.5 Å². The molecule has 0 radical (unpaired) electrons. The van der Waals surface area contributed by atoms with Gasteiger partial charge in [0, 0.05) is 24.7 Å². The molecule has 0 amide bonds. The van der Waals surface area contributed by atoms with Crippen molar-refractivity contribution in [3.63, 3.8) is 0 Å². The molecule has 21 heavy (non-hydrogen) atoms. The third kappa shape index (κ3) is 4.05. The first-order valence-corrected chi connectivity index (χ1v) is 9.36. The molecule has 4 heteroatoms. The van der Waals surface area contributed by atoms with Crippen LogP contribution in [0.1, 0.15) is 44.5 Å². The van der Waals surface area contributed by atoms with Crippen LogP contribution in [-0.2, 0) is 6.54 Å². The van der Waals surface area contributed by atoms with Gasteiger partial charge in [0.15, 0.2) is 0 Å². The summed E-state index contributed by atoms with van der Waals surface area (Å²) in [5.41, 5.74) is 0.576.